The molecule has 5 nitrogen and oxygen atoms in total. The van der Waals surface area contributed by atoms with E-state index in [4.69, 9.17) is 10.7 Å². The molecule has 4 rings (SSSR count). The molecule has 0 aliphatic carbocycles. The molecule has 0 saturated carbocycles. The molecule has 26 heavy (non-hydrogen) atoms. The molecule has 3 aromatic rings. The molecule has 0 radical (unpaired) electrons. The molecular weight excluding hydrogens is 374 g/mol. The second-order valence-corrected chi connectivity index (χ2v) is 8.55. The Hall–Kier alpha value is -2.70. The van der Waals surface area contributed by atoms with E-state index in [9.17, 15) is 18.0 Å². The van der Waals surface area contributed by atoms with Crippen molar-refractivity contribution in [3.8, 4) is 0 Å². The first kappa shape index (κ1) is 16.8. The summed E-state index contributed by atoms with van der Waals surface area (Å²) >= 11 is 0. The highest BCUT2D eigenvalue weighted by molar-refractivity contribution is 8.13. The first-order chi connectivity index (χ1) is 12.4. The van der Waals surface area contributed by atoms with Gasteiger partial charge in [-0.3, -0.25) is 14.5 Å². The van der Waals surface area contributed by atoms with Crippen LogP contribution >= 0.6 is 10.7 Å². The van der Waals surface area contributed by atoms with Gasteiger partial charge in [0.15, 0.2) is 0 Å². The van der Waals surface area contributed by atoms with Gasteiger partial charge in [0.05, 0.1) is 11.4 Å². The number of amides is 2. The van der Waals surface area contributed by atoms with Crippen molar-refractivity contribution in [2.45, 2.75) is 11.4 Å². The lowest BCUT2D eigenvalue weighted by atomic mass is 9.94. The van der Waals surface area contributed by atoms with Gasteiger partial charge in [0.2, 0.25) is 0 Å². The SMILES string of the molecule is O=C1c2cccc3cccc(c23)C(=O)N1Cc1ccc(S(=O)(=O)Cl)cc1. The maximum atomic E-state index is 12.8. The lowest BCUT2D eigenvalue weighted by molar-refractivity contribution is 0.0598. The third kappa shape index (κ3) is 2.67. The van der Waals surface area contributed by atoms with Crippen LogP contribution in [0.15, 0.2) is 65.6 Å². The predicted octanol–water partition coefficient (Wildman–Crippen LogP) is 3.56. The van der Waals surface area contributed by atoms with Crippen LogP contribution in [0.2, 0.25) is 0 Å². The third-order valence-corrected chi connectivity index (χ3v) is 5.77. The van der Waals surface area contributed by atoms with E-state index in [1.807, 2.05) is 12.1 Å². The van der Waals surface area contributed by atoms with Crippen molar-refractivity contribution in [2.24, 2.45) is 0 Å². The zero-order chi connectivity index (χ0) is 18.5. The molecule has 0 bridgehead atoms. The van der Waals surface area contributed by atoms with Crippen LogP contribution in [-0.2, 0) is 15.6 Å². The predicted molar refractivity (Wildman–Crippen MR) is 97.6 cm³/mol. The van der Waals surface area contributed by atoms with Crippen LogP contribution < -0.4 is 0 Å². The highest BCUT2D eigenvalue weighted by atomic mass is 35.7. The lowest BCUT2D eigenvalue weighted by Crippen LogP contribution is -2.39. The Labute approximate surface area is 154 Å². The Morgan fingerprint density at radius 2 is 1.35 bits per heavy atom. The number of carbonyl (C=O) groups is 2. The summed E-state index contributed by atoms with van der Waals surface area (Å²) in [5.74, 6) is -0.735. The molecule has 0 atom stereocenters. The lowest BCUT2D eigenvalue weighted by Gasteiger charge is -2.27. The fourth-order valence-corrected chi connectivity index (χ4v) is 3.93. The van der Waals surface area contributed by atoms with Gasteiger partial charge in [0, 0.05) is 27.2 Å². The van der Waals surface area contributed by atoms with Crippen molar-refractivity contribution >= 4 is 42.3 Å². The van der Waals surface area contributed by atoms with E-state index in [1.165, 1.54) is 29.2 Å². The van der Waals surface area contributed by atoms with Crippen molar-refractivity contribution in [1.82, 2.24) is 4.90 Å². The van der Waals surface area contributed by atoms with Crippen LogP contribution in [0.25, 0.3) is 10.8 Å². The summed E-state index contributed by atoms with van der Waals surface area (Å²) in [5, 5.41) is 1.52. The second kappa shape index (κ2) is 5.93. The number of hydrogen-bond donors (Lipinski definition) is 0. The van der Waals surface area contributed by atoms with E-state index in [0.29, 0.717) is 22.1 Å². The monoisotopic (exact) mass is 385 g/mol. The van der Waals surface area contributed by atoms with Gasteiger partial charge in [-0.2, -0.15) is 0 Å². The number of hydrogen-bond acceptors (Lipinski definition) is 4. The fraction of sp³-hybridized carbons (Fsp3) is 0.0526. The van der Waals surface area contributed by atoms with E-state index in [1.54, 1.807) is 24.3 Å². The highest BCUT2D eigenvalue weighted by Crippen LogP contribution is 2.30. The number of nitrogens with zero attached hydrogens (tertiary/aromatic N) is 1. The first-order valence-electron chi connectivity index (χ1n) is 7.78. The summed E-state index contributed by atoms with van der Waals surface area (Å²) < 4.78 is 22.7. The standard InChI is InChI=1S/C19H12ClNO4S/c20-26(24,25)14-9-7-12(8-10-14)11-21-18(22)15-5-1-3-13-4-2-6-16(17(13)15)19(21)23/h1-10H,11H2. The topological polar surface area (TPSA) is 71.5 Å². The second-order valence-electron chi connectivity index (χ2n) is 5.99. The molecule has 0 N–H and O–H groups in total. The molecule has 3 aromatic carbocycles. The Bertz CT molecular complexity index is 1120. The molecule has 1 aliphatic rings. The molecule has 0 spiro atoms. The molecule has 0 fully saturated rings. The van der Waals surface area contributed by atoms with Crippen molar-refractivity contribution in [3.63, 3.8) is 0 Å². The number of carbonyl (C=O) groups excluding carboxylic acids is 2. The molecule has 0 saturated heterocycles. The zero-order valence-corrected chi connectivity index (χ0v) is 14.9. The minimum absolute atomic E-state index is 0.0330. The molecule has 1 heterocycles. The molecule has 1 aliphatic heterocycles. The summed E-state index contributed by atoms with van der Waals surface area (Å²) in [6, 6.07) is 16.5. The van der Waals surface area contributed by atoms with E-state index < -0.39 is 9.05 Å². The normalized spacial score (nSPS) is 14.1. The summed E-state index contributed by atoms with van der Waals surface area (Å²) in [6.07, 6.45) is 0. The van der Waals surface area contributed by atoms with Crippen LogP contribution in [-0.4, -0.2) is 25.1 Å². The van der Waals surface area contributed by atoms with Gasteiger partial charge in [0.1, 0.15) is 0 Å². The highest BCUT2D eigenvalue weighted by Gasteiger charge is 2.32. The Morgan fingerprint density at radius 1 is 0.808 bits per heavy atom. The van der Waals surface area contributed by atoms with Crippen molar-refractivity contribution in [1.29, 1.82) is 0 Å². The number of imide groups is 1. The number of benzene rings is 3. The van der Waals surface area contributed by atoms with Crippen LogP contribution in [0.1, 0.15) is 26.3 Å². The first-order valence-corrected chi connectivity index (χ1v) is 10.1. The molecule has 130 valence electrons. The quantitative estimate of drug-likeness (QED) is 0.510. The third-order valence-electron chi connectivity index (χ3n) is 4.40. The summed E-state index contributed by atoms with van der Waals surface area (Å²) in [4.78, 5) is 26.8. The van der Waals surface area contributed by atoms with Crippen LogP contribution in [0.4, 0.5) is 0 Å². The zero-order valence-electron chi connectivity index (χ0n) is 13.3. The van der Waals surface area contributed by atoms with Crippen LogP contribution in [0, 0.1) is 0 Å². The van der Waals surface area contributed by atoms with Gasteiger partial charge < -0.3 is 0 Å². The van der Waals surface area contributed by atoms with Gasteiger partial charge in [-0.05, 0) is 35.2 Å². The molecule has 0 unspecified atom stereocenters. The average Bonchev–Trinajstić information content (AvgIpc) is 2.63. The van der Waals surface area contributed by atoms with E-state index >= 15 is 0 Å². The number of rotatable bonds is 3. The Morgan fingerprint density at radius 3 is 1.85 bits per heavy atom. The smallest absolute Gasteiger partial charge is 0.261 e. The van der Waals surface area contributed by atoms with E-state index in [0.717, 1.165) is 5.39 Å². The van der Waals surface area contributed by atoms with Crippen molar-refractivity contribution in [2.75, 3.05) is 0 Å². The molecule has 7 heteroatoms. The van der Waals surface area contributed by atoms with Crippen LogP contribution in [0.5, 0.6) is 0 Å². The summed E-state index contributed by atoms with van der Waals surface area (Å²) in [6.45, 7) is 0.0466. The number of halogens is 1. The van der Waals surface area contributed by atoms with Gasteiger partial charge in [0.25, 0.3) is 20.9 Å². The summed E-state index contributed by atoms with van der Waals surface area (Å²) in [7, 11) is 1.49. The summed E-state index contributed by atoms with van der Waals surface area (Å²) in [5.41, 5.74) is 1.60. The average molecular weight is 386 g/mol. The van der Waals surface area contributed by atoms with Gasteiger partial charge >= 0.3 is 0 Å². The minimum Gasteiger partial charge on any atom is -0.270 e. The Kier molecular flexibility index (Phi) is 3.82. The minimum atomic E-state index is -3.82. The fourth-order valence-electron chi connectivity index (χ4n) is 3.16. The van der Waals surface area contributed by atoms with Gasteiger partial charge in [-0.15, -0.1) is 0 Å². The van der Waals surface area contributed by atoms with Gasteiger partial charge in [-0.25, -0.2) is 8.42 Å². The molecule has 0 aromatic heterocycles. The van der Waals surface area contributed by atoms with E-state index in [2.05, 4.69) is 0 Å². The van der Waals surface area contributed by atoms with Crippen molar-refractivity contribution < 1.29 is 18.0 Å². The molecular formula is C19H12ClNO4S. The maximum Gasteiger partial charge on any atom is 0.261 e. The molecule has 2 amide bonds. The largest absolute Gasteiger partial charge is 0.270 e. The van der Waals surface area contributed by atoms with E-state index in [-0.39, 0.29) is 23.3 Å². The van der Waals surface area contributed by atoms with Crippen molar-refractivity contribution in [3.05, 3.63) is 77.4 Å². The van der Waals surface area contributed by atoms with Crippen LogP contribution in [0.3, 0.4) is 0 Å². The van der Waals surface area contributed by atoms with Gasteiger partial charge in [-0.1, -0.05) is 36.4 Å². The maximum absolute atomic E-state index is 12.8. The Balaban J connectivity index is 1.73.